The van der Waals surface area contributed by atoms with Crippen LogP contribution >= 0.6 is 11.3 Å². The third kappa shape index (κ3) is 4.65. The Morgan fingerprint density at radius 3 is 2.76 bits per heavy atom. The molecule has 0 spiro atoms. The Labute approximate surface area is 129 Å². The van der Waals surface area contributed by atoms with E-state index < -0.39 is 0 Å². The smallest absolute Gasteiger partial charge is 0.226 e. The average molecular weight is 303 g/mol. The number of carbonyl (C=O) groups is 1. The highest BCUT2D eigenvalue weighted by molar-refractivity contribution is 7.13. The van der Waals surface area contributed by atoms with Crippen LogP contribution in [0.4, 0.5) is 0 Å². The summed E-state index contributed by atoms with van der Waals surface area (Å²) in [6.07, 6.45) is 2.16. The van der Waals surface area contributed by atoms with Crippen LogP contribution in [0.3, 0.4) is 0 Å². The topological polar surface area (TPSA) is 68.0 Å². The van der Waals surface area contributed by atoms with Crippen molar-refractivity contribution in [2.24, 2.45) is 5.73 Å². The molecule has 1 aromatic carbocycles. The van der Waals surface area contributed by atoms with Crippen molar-refractivity contribution in [2.45, 2.75) is 26.2 Å². The third-order valence-electron chi connectivity index (χ3n) is 3.21. The summed E-state index contributed by atoms with van der Waals surface area (Å²) in [5.41, 5.74) is 8.63. The van der Waals surface area contributed by atoms with Crippen LogP contribution in [0, 0.1) is 0 Å². The molecule has 0 radical (unpaired) electrons. The van der Waals surface area contributed by atoms with Gasteiger partial charge in [-0.2, -0.15) is 0 Å². The Morgan fingerprint density at radius 2 is 2.10 bits per heavy atom. The van der Waals surface area contributed by atoms with Gasteiger partial charge in [0.15, 0.2) is 0 Å². The minimum absolute atomic E-state index is 0.00151. The van der Waals surface area contributed by atoms with E-state index in [1.807, 2.05) is 5.38 Å². The fourth-order valence-corrected chi connectivity index (χ4v) is 2.79. The van der Waals surface area contributed by atoms with Gasteiger partial charge in [0, 0.05) is 17.5 Å². The number of hydrogen-bond acceptors (Lipinski definition) is 4. The second-order valence-electron chi connectivity index (χ2n) is 4.86. The summed E-state index contributed by atoms with van der Waals surface area (Å²) in [6.45, 7) is 3.36. The van der Waals surface area contributed by atoms with E-state index in [0.717, 1.165) is 29.1 Å². The molecule has 0 bridgehead atoms. The maximum Gasteiger partial charge on any atom is 0.226 e. The van der Waals surface area contributed by atoms with Crippen molar-refractivity contribution in [3.05, 3.63) is 40.9 Å². The first-order valence-corrected chi connectivity index (χ1v) is 8.11. The van der Waals surface area contributed by atoms with Crippen molar-refractivity contribution in [3.63, 3.8) is 0 Å². The van der Waals surface area contributed by atoms with Crippen LogP contribution < -0.4 is 11.1 Å². The molecule has 112 valence electrons. The molecule has 2 aromatic rings. The number of hydrogen-bond donors (Lipinski definition) is 2. The van der Waals surface area contributed by atoms with Gasteiger partial charge in [0.1, 0.15) is 5.01 Å². The summed E-state index contributed by atoms with van der Waals surface area (Å²) in [7, 11) is 0. The van der Waals surface area contributed by atoms with Gasteiger partial charge in [-0.1, -0.05) is 31.2 Å². The van der Waals surface area contributed by atoms with Gasteiger partial charge in [-0.3, -0.25) is 4.79 Å². The Hall–Kier alpha value is -1.72. The van der Waals surface area contributed by atoms with E-state index in [9.17, 15) is 4.79 Å². The predicted molar refractivity (Wildman–Crippen MR) is 87.3 cm³/mol. The molecule has 0 atom stereocenters. The fourth-order valence-electron chi connectivity index (χ4n) is 1.96. The SMILES string of the molecule is CCc1ccc(-c2nc(CC(=O)NCCCN)cs2)cc1. The Kier molecular flexibility index (Phi) is 5.90. The van der Waals surface area contributed by atoms with E-state index in [2.05, 4.69) is 41.5 Å². The quantitative estimate of drug-likeness (QED) is 0.772. The van der Waals surface area contributed by atoms with Gasteiger partial charge in [-0.05, 0) is 24.9 Å². The molecule has 1 aromatic heterocycles. The van der Waals surface area contributed by atoms with E-state index in [0.29, 0.717) is 19.5 Å². The normalized spacial score (nSPS) is 10.6. The number of nitrogens with one attached hydrogen (secondary N) is 1. The summed E-state index contributed by atoms with van der Waals surface area (Å²) >= 11 is 1.58. The highest BCUT2D eigenvalue weighted by atomic mass is 32.1. The number of carbonyl (C=O) groups excluding carboxylic acids is 1. The number of nitrogens with two attached hydrogens (primary N) is 1. The monoisotopic (exact) mass is 303 g/mol. The summed E-state index contributed by atoms with van der Waals surface area (Å²) in [5, 5.41) is 5.75. The van der Waals surface area contributed by atoms with E-state index >= 15 is 0 Å². The molecule has 0 aliphatic carbocycles. The van der Waals surface area contributed by atoms with Crippen LogP contribution in [-0.2, 0) is 17.6 Å². The van der Waals surface area contributed by atoms with Gasteiger partial charge < -0.3 is 11.1 Å². The first-order chi connectivity index (χ1) is 10.2. The van der Waals surface area contributed by atoms with Crippen LogP contribution in [0.5, 0.6) is 0 Å². The lowest BCUT2D eigenvalue weighted by Crippen LogP contribution is -2.27. The van der Waals surface area contributed by atoms with Crippen molar-refractivity contribution in [1.82, 2.24) is 10.3 Å². The lowest BCUT2D eigenvalue weighted by molar-refractivity contribution is -0.120. The molecule has 0 saturated heterocycles. The average Bonchev–Trinajstić information content (AvgIpc) is 2.96. The standard InChI is InChI=1S/C16H21N3OS/c1-2-12-4-6-13(7-5-12)16-19-14(11-21-16)10-15(20)18-9-3-8-17/h4-7,11H,2-3,8-10,17H2,1H3,(H,18,20). The molecule has 0 aliphatic rings. The highest BCUT2D eigenvalue weighted by Gasteiger charge is 2.08. The van der Waals surface area contributed by atoms with Gasteiger partial charge in [-0.15, -0.1) is 11.3 Å². The van der Waals surface area contributed by atoms with Crippen LogP contribution in [-0.4, -0.2) is 24.0 Å². The van der Waals surface area contributed by atoms with Crippen molar-refractivity contribution in [3.8, 4) is 10.6 Å². The zero-order valence-corrected chi connectivity index (χ0v) is 13.1. The van der Waals surface area contributed by atoms with E-state index in [-0.39, 0.29) is 5.91 Å². The zero-order chi connectivity index (χ0) is 15.1. The predicted octanol–water partition coefficient (Wildman–Crippen LogP) is 2.38. The summed E-state index contributed by atoms with van der Waals surface area (Å²) in [4.78, 5) is 16.3. The van der Waals surface area contributed by atoms with Crippen molar-refractivity contribution >= 4 is 17.2 Å². The molecule has 4 nitrogen and oxygen atoms in total. The Balaban J connectivity index is 1.95. The van der Waals surface area contributed by atoms with Crippen molar-refractivity contribution in [2.75, 3.05) is 13.1 Å². The number of rotatable bonds is 7. The van der Waals surface area contributed by atoms with Gasteiger partial charge >= 0.3 is 0 Å². The second-order valence-corrected chi connectivity index (χ2v) is 5.72. The molecule has 21 heavy (non-hydrogen) atoms. The van der Waals surface area contributed by atoms with Crippen molar-refractivity contribution in [1.29, 1.82) is 0 Å². The molecule has 0 saturated carbocycles. The first kappa shape index (κ1) is 15.7. The summed E-state index contributed by atoms with van der Waals surface area (Å²) < 4.78 is 0. The van der Waals surface area contributed by atoms with Crippen LogP contribution in [0.25, 0.3) is 10.6 Å². The van der Waals surface area contributed by atoms with Gasteiger partial charge in [0.05, 0.1) is 12.1 Å². The molecular formula is C16H21N3OS. The second kappa shape index (κ2) is 7.90. The molecule has 1 amide bonds. The Morgan fingerprint density at radius 1 is 1.33 bits per heavy atom. The number of aromatic nitrogens is 1. The first-order valence-electron chi connectivity index (χ1n) is 7.23. The van der Waals surface area contributed by atoms with Crippen molar-refractivity contribution < 1.29 is 4.79 Å². The minimum atomic E-state index is 0.00151. The highest BCUT2D eigenvalue weighted by Crippen LogP contribution is 2.24. The number of aryl methyl sites for hydroxylation is 1. The third-order valence-corrected chi connectivity index (χ3v) is 4.15. The number of benzene rings is 1. The maximum atomic E-state index is 11.7. The molecule has 0 fully saturated rings. The van der Waals surface area contributed by atoms with E-state index in [1.54, 1.807) is 11.3 Å². The molecular weight excluding hydrogens is 282 g/mol. The molecule has 0 aliphatic heterocycles. The largest absolute Gasteiger partial charge is 0.356 e. The van der Waals surface area contributed by atoms with Gasteiger partial charge in [0.2, 0.25) is 5.91 Å². The fraction of sp³-hybridized carbons (Fsp3) is 0.375. The molecule has 1 heterocycles. The van der Waals surface area contributed by atoms with Gasteiger partial charge in [-0.25, -0.2) is 4.98 Å². The van der Waals surface area contributed by atoms with Crippen LogP contribution in [0.15, 0.2) is 29.6 Å². The number of nitrogens with zero attached hydrogens (tertiary/aromatic N) is 1. The molecule has 5 heteroatoms. The zero-order valence-electron chi connectivity index (χ0n) is 12.3. The van der Waals surface area contributed by atoms with Gasteiger partial charge in [0.25, 0.3) is 0 Å². The summed E-state index contributed by atoms with van der Waals surface area (Å²) in [6, 6.07) is 8.41. The molecule has 3 N–H and O–H groups in total. The minimum Gasteiger partial charge on any atom is -0.356 e. The lowest BCUT2D eigenvalue weighted by Gasteiger charge is -2.02. The maximum absolute atomic E-state index is 11.7. The summed E-state index contributed by atoms with van der Waals surface area (Å²) in [5.74, 6) is 0.00151. The molecule has 2 rings (SSSR count). The number of amides is 1. The van der Waals surface area contributed by atoms with E-state index in [1.165, 1.54) is 5.56 Å². The molecule has 0 unspecified atom stereocenters. The van der Waals surface area contributed by atoms with Crippen LogP contribution in [0.1, 0.15) is 24.6 Å². The number of thiazole rings is 1. The Bertz CT molecular complexity index is 577. The van der Waals surface area contributed by atoms with E-state index in [4.69, 9.17) is 5.73 Å². The lowest BCUT2D eigenvalue weighted by atomic mass is 10.1. The van der Waals surface area contributed by atoms with Crippen LogP contribution in [0.2, 0.25) is 0 Å².